The van der Waals surface area contributed by atoms with Gasteiger partial charge in [-0.2, -0.15) is 0 Å². The molecule has 0 aliphatic rings. The molecule has 2 rings (SSSR count). The molecule has 0 heterocycles. The number of carboxylic acid groups (broad SMARTS) is 1. The van der Waals surface area contributed by atoms with Crippen molar-refractivity contribution in [3.63, 3.8) is 0 Å². The molecule has 0 saturated carbocycles. The van der Waals surface area contributed by atoms with Gasteiger partial charge in [-0.25, -0.2) is 4.79 Å². The number of hydrogen-bond donors (Lipinski definition) is 2. The third-order valence-corrected chi connectivity index (χ3v) is 3.47. The number of hydrogen-bond acceptors (Lipinski definition) is 3. The molecule has 0 bridgehead atoms. The lowest BCUT2D eigenvalue weighted by Crippen LogP contribution is -2.13. The minimum atomic E-state index is -1.09. The molecule has 0 aliphatic carbocycles. The van der Waals surface area contributed by atoms with Gasteiger partial charge in [-0.05, 0) is 42.3 Å². The zero-order valence-corrected chi connectivity index (χ0v) is 14.1. The third-order valence-electron chi connectivity index (χ3n) is 3.14. The second kappa shape index (κ2) is 7.84. The van der Waals surface area contributed by atoms with Crippen molar-refractivity contribution in [3.8, 4) is 5.75 Å². The lowest BCUT2D eigenvalue weighted by molar-refractivity contribution is 0.0696. The first-order valence-corrected chi connectivity index (χ1v) is 7.81. The molecule has 24 heavy (non-hydrogen) atoms. The maximum absolute atomic E-state index is 12.4. The number of benzene rings is 2. The lowest BCUT2D eigenvalue weighted by Gasteiger charge is -2.11. The van der Waals surface area contributed by atoms with Crippen LogP contribution in [-0.2, 0) is 0 Å². The van der Waals surface area contributed by atoms with Gasteiger partial charge >= 0.3 is 5.97 Å². The number of aromatic carboxylic acids is 1. The summed E-state index contributed by atoms with van der Waals surface area (Å²) in [6.07, 6.45) is 0. The van der Waals surface area contributed by atoms with Crippen LogP contribution in [0.1, 0.15) is 34.6 Å². The van der Waals surface area contributed by atoms with Gasteiger partial charge in [-0.1, -0.05) is 31.5 Å². The van der Waals surface area contributed by atoms with E-state index in [1.54, 1.807) is 24.3 Å². The molecule has 126 valence electrons. The van der Waals surface area contributed by atoms with Gasteiger partial charge < -0.3 is 15.2 Å². The highest BCUT2D eigenvalue weighted by atomic mass is 35.5. The van der Waals surface area contributed by atoms with Crippen LogP contribution in [0.3, 0.4) is 0 Å². The van der Waals surface area contributed by atoms with Gasteiger partial charge in [-0.15, -0.1) is 0 Å². The number of rotatable bonds is 6. The Kier molecular flexibility index (Phi) is 5.82. The first-order chi connectivity index (χ1) is 11.4. The van der Waals surface area contributed by atoms with Crippen molar-refractivity contribution in [2.24, 2.45) is 5.92 Å². The standard InChI is InChI=1S/C18H18ClNO4/c1-11(2)10-24-14-5-3-4-12(8-14)17(21)20-16-9-13(18(22)23)6-7-15(16)19/h3-9,11H,10H2,1-2H3,(H,20,21)(H,22,23). The minimum absolute atomic E-state index is 0.0451. The summed E-state index contributed by atoms with van der Waals surface area (Å²) in [6.45, 7) is 4.62. The summed E-state index contributed by atoms with van der Waals surface area (Å²) in [5.74, 6) is -0.512. The zero-order chi connectivity index (χ0) is 17.7. The van der Waals surface area contributed by atoms with E-state index >= 15 is 0 Å². The van der Waals surface area contributed by atoms with E-state index in [0.717, 1.165) is 0 Å². The average Bonchev–Trinajstić information content (AvgIpc) is 2.55. The number of halogens is 1. The minimum Gasteiger partial charge on any atom is -0.493 e. The molecule has 0 aromatic heterocycles. The van der Waals surface area contributed by atoms with E-state index in [-0.39, 0.29) is 16.3 Å². The number of anilines is 1. The molecule has 6 heteroatoms. The Hall–Kier alpha value is -2.53. The summed E-state index contributed by atoms with van der Waals surface area (Å²) in [5, 5.41) is 11.9. The van der Waals surface area contributed by atoms with Crippen molar-refractivity contribution >= 4 is 29.2 Å². The van der Waals surface area contributed by atoms with E-state index in [1.807, 2.05) is 13.8 Å². The van der Waals surface area contributed by atoms with E-state index in [2.05, 4.69) is 5.32 Å². The summed E-state index contributed by atoms with van der Waals surface area (Å²) in [6, 6.07) is 10.9. The number of carbonyl (C=O) groups is 2. The summed E-state index contributed by atoms with van der Waals surface area (Å²) >= 11 is 6.02. The van der Waals surface area contributed by atoms with Crippen LogP contribution in [0, 0.1) is 5.92 Å². The van der Waals surface area contributed by atoms with Crippen molar-refractivity contribution in [1.29, 1.82) is 0 Å². The van der Waals surface area contributed by atoms with Gasteiger partial charge in [0.1, 0.15) is 5.75 Å². The van der Waals surface area contributed by atoms with E-state index in [0.29, 0.717) is 23.8 Å². The second-order valence-corrected chi connectivity index (χ2v) is 6.09. The molecule has 0 saturated heterocycles. The molecule has 0 spiro atoms. The molecule has 1 amide bonds. The van der Waals surface area contributed by atoms with Gasteiger partial charge in [0, 0.05) is 5.56 Å². The van der Waals surface area contributed by atoms with Gasteiger partial charge in [-0.3, -0.25) is 4.79 Å². The number of amides is 1. The van der Waals surface area contributed by atoms with Crippen LogP contribution < -0.4 is 10.1 Å². The smallest absolute Gasteiger partial charge is 0.335 e. The second-order valence-electron chi connectivity index (χ2n) is 5.69. The van der Waals surface area contributed by atoms with E-state index < -0.39 is 11.9 Å². The Labute approximate surface area is 145 Å². The predicted molar refractivity (Wildman–Crippen MR) is 93.1 cm³/mol. The molecule has 5 nitrogen and oxygen atoms in total. The molecular weight excluding hydrogens is 330 g/mol. The van der Waals surface area contributed by atoms with Crippen molar-refractivity contribution in [2.75, 3.05) is 11.9 Å². The van der Waals surface area contributed by atoms with Crippen molar-refractivity contribution in [3.05, 3.63) is 58.6 Å². The third kappa shape index (κ3) is 4.73. The van der Waals surface area contributed by atoms with Crippen LogP contribution in [0.2, 0.25) is 5.02 Å². The molecule has 0 unspecified atom stereocenters. The highest BCUT2D eigenvalue weighted by molar-refractivity contribution is 6.34. The van der Waals surface area contributed by atoms with Crippen molar-refractivity contribution in [2.45, 2.75) is 13.8 Å². The Morgan fingerprint density at radius 2 is 1.92 bits per heavy atom. The van der Waals surface area contributed by atoms with Crippen LogP contribution in [0.5, 0.6) is 5.75 Å². The first kappa shape index (κ1) is 17.8. The van der Waals surface area contributed by atoms with Gasteiger partial charge in [0.15, 0.2) is 0 Å². The van der Waals surface area contributed by atoms with E-state index in [9.17, 15) is 9.59 Å². The lowest BCUT2D eigenvalue weighted by atomic mass is 10.1. The molecule has 2 N–H and O–H groups in total. The summed E-state index contributed by atoms with van der Waals surface area (Å²) < 4.78 is 5.60. The fraction of sp³-hybridized carbons (Fsp3) is 0.222. The predicted octanol–water partition coefficient (Wildman–Crippen LogP) is 4.33. The summed E-state index contributed by atoms with van der Waals surface area (Å²) in [7, 11) is 0. The van der Waals surface area contributed by atoms with Crippen LogP contribution in [0.25, 0.3) is 0 Å². The molecule has 2 aromatic rings. The molecule has 0 atom stereocenters. The SMILES string of the molecule is CC(C)COc1cccc(C(=O)Nc2cc(C(=O)O)ccc2Cl)c1. The number of carboxylic acids is 1. The Morgan fingerprint density at radius 1 is 1.17 bits per heavy atom. The number of nitrogens with one attached hydrogen (secondary N) is 1. The van der Waals surface area contributed by atoms with Crippen LogP contribution in [-0.4, -0.2) is 23.6 Å². The fourth-order valence-electron chi connectivity index (χ4n) is 1.94. The summed E-state index contributed by atoms with van der Waals surface area (Å²) in [5.41, 5.74) is 0.687. The highest BCUT2D eigenvalue weighted by Crippen LogP contribution is 2.24. The zero-order valence-electron chi connectivity index (χ0n) is 13.4. The topological polar surface area (TPSA) is 75.6 Å². The Morgan fingerprint density at radius 3 is 2.58 bits per heavy atom. The van der Waals surface area contributed by atoms with Crippen LogP contribution >= 0.6 is 11.6 Å². The molecule has 0 radical (unpaired) electrons. The van der Waals surface area contributed by atoms with Gasteiger partial charge in [0.05, 0.1) is 22.9 Å². The molecule has 0 fully saturated rings. The largest absolute Gasteiger partial charge is 0.493 e. The molecular formula is C18H18ClNO4. The quantitative estimate of drug-likeness (QED) is 0.815. The normalized spacial score (nSPS) is 10.5. The fourth-order valence-corrected chi connectivity index (χ4v) is 2.10. The first-order valence-electron chi connectivity index (χ1n) is 7.44. The highest BCUT2D eigenvalue weighted by Gasteiger charge is 2.12. The Bertz CT molecular complexity index is 758. The van der Waals surface area contributed by atoms with Crippen LogP contribution in [0.15, 0.2) is 42.5 Å². The summed E-state index contributed by atoms with van der Waals surface area (Å²) in [4.78, 5) is 23.4. The van der Waals surface area contributed by atoms with E-state index in [4.69, 9.17) is 21.4 Å². The molecule has 0 aliphatic heterocycles. The van der Waals surface area contributed by atoms with Crippen LogP contribution in [0.4, 0.5) is 5.69 Å². The Balaban J connectivity index is 2.16. The molecule has 2 aromatic carbocycles. The van der Waals surface area contributed by atoms with Gasteiger partial charge in [0.2, 0.25) is 0 Å². The van der Waals surface area contributed by atoms with Crippen molar-refractivity contribution < 1.29 is 19.4 Å². The maximum Gasteiger partial charge on any atom is 0.335 e. The number of ether oxygens (including phenoxy) is 1. The monoisotopic (exact) mass is 347 g/mol. The van der Waals surface area contributed by atoms with E-state index in [1.165, 1.54) is 18.2 Å². The maximum atomic E-state index is 12.4. The number of carbonyl (C=O) groups excluding carboxylic acids is 1. The van der Waals surface area contributed by atoms with Gasteiger partial charge in [0.25, 0.3) is 5.91 Å². The average molecular weight is 348 g/mol. The van der Waals surface area contributed by atoms with Crippen molar-refractivity contribution in [1.82, 2.24) is 0 Å².